The fraction of sp³-hybridized carbons (Fsp3) is 0.0805. The fourth-order valence-electron chi connectivity index (χ4n) is 13.4. The van der Waals surface area contributed by atoms with Crippen LogP contribution in [0.2, 0.25) is 10.0 Å². The number of hydrogen-bond acceptors (Lipinski definition) is 11. The van der Waals surface area contributed by atoms with Gasteiger partial charge in [-0.2, -0.15) is 0 Å². The van der Waals surface area contributed by atoms with Gasteiger partial charge in [0, 0.05) is 72.4 Å². The zero-order chi connectivity index (χ0) is 77.0. The minimum Gasteiger partial charge on any atom is -0.392 e. The third-order valence-corrected chi connectivity index (χ3v) is 20.3. The zero-order valence-electron chi connectivity index (χ0n) is 60.4. The minimum absolute atomic E-state index is 0.0312. The molecule has 0 radical (unpaired) electrons. The summed E-state index contributed by atoms with van der Waals surface area (Å²) >= 11 is 15.6. The summed E-state index contributed by atoms with van der Waals surface area (Å²) in [6, 6.07) is 67.4. The van der Waals surface area contributed by atoms with E-state index < -0.39 is 0 Å². The predicted octanol–water partition coefficient (Wildman–Crippen LogP) is 17.7. The molecule has 111 heavy (non-hydrogen) atoms. The topological polar surface area (TPSA) is 274 Å². The number of H-pyrrole nitrogens is 5. The van der Waals surface area contributed by atoms with Gasteiger partial charge in [-0.15, -0.1) is 0 Å². The van der Waals surface area contributed by atoms with Crippen molar-refractivity contribution in [3.63, 3.8) is 0 Å². The highest BCUT2D eigenvalue weighted by Gasteiger charge is 2.19. The van der Waals surface area contributed by atoms with Gasteiger partial charge in [0.25, 0.3) is 27.8 Å². The summed E-state index contributed by atoms with van der Waals surface area (Å²) in [4.78, 5) is 84.9. The molecule has 21 nitrogen and oxygen atoms in total. The molecule has 0 fully saturated rings. The Morgan fingerprint density at radius 1 is 0.297 bits per heavy atom. The first-order valence-electron chi connectivity index (χ1n) is 35.3. The van der Waals surface area contributed by atoms with Gasteiger partial charge in [0.1, 0.15) is 0 Å². The van der Waals surface area contributed by atoms with Crippen LogP contribution in [0.1, 0.15) is 38.9 Å². The van der Waals surface area contributed by atoms with E-state index in [1.165, 1.54) is 9.36 Å². The van der Waals surface area contributed by atoms with E-state index in [1.807, 2.05) is 242 Å². The van der Waals surface area contributed by atoms with E-state index in [0.29, 0.717) is 37.0 Å². The first-order chi connectivity index (χ1) is 53.7. The number of nitrogens with one attached hydrogen (secondary N) is 5. The summed E-state index contributed by atoms with van der Waals surface area (Å²) < 4.78 is 8.71. The number of aliphatic hydroxyl groups is 1. The normalized spacial score (nSPS) is 11.4. The maximum Gasteiger partial charge on any atom is 0.280 e. The Morgan fingerprint density at radius 3 is 0.973 bits per heavy atom. The zero-order valence-corrected chi connectivity index (χ0v) is 63.5. The molecule has 24 heteroatoms. The quantitative estimate of drug-likeness (QED) is 0.0911. The minimum atomic E-state index is -0.121. The van der Waals surface area contributed by atoms with Crippen molar-refractivity contribution in [3.05, 3.63) is 349 Å². The van der Waals surface area contributed by atoms with Crippen LogP contribution < -0.4 is 27.8 Å². The highest BCUT2D eigenvalue weighted by molar-refractivity contribution is 9.10. The Kier molecular flexibility index (Phi) is 19.2. The Morgan fingerprint density at radius 2 is 0.604 bits per heavy atom. The van der Waals surface area contributed by atoms with E-state index in [4.69, 9.17) is 23.2 Å². The molecule has 10 aromatic heterocycles. The summed E-state index contributed by atoms with van der Waals surface area (Å²) in [6.45, 7) is 12.1. The Bertz CT molecular complexity index is 7200. The molecular weight excluding hydrogens is 1500 g/mol. The number of benzene rings is 10. The monoisotopic (exact) mass is 1570 g/mol. The van der Waals surface area contributed by atoms with E-state index in [2.05, 4.69) is 66.3 Å². The molecule has 0 aliphatic carbocycles. The van der Waals surface area contributed by atoms with Gasteiger partial charge in [-0.05, 0) is 186 Å². The molecule has 20 rings (SSSR count). The van der Waals surface area contributed by atoms with Crippen LogP contribution in [-0.4, -0.2) is 78.9 Å². The lowest BCUT2D eigenvalue weighted by Crippen LogP contribution is -2.14. The third kappa shape index (κ3) is 14.0. The van der Waals surface area contributed by atoms with Crippen LogP contribution in [0.3, 0.4) is 0 Å². The number of rotatable bonds is 6. The summed E-state index contributed by atoms with van der Waals surface area (Å²) in [5.74, 6) is 0. The molecule has 0 bridgehead atoms. The second-order valence-corrected chi connectivity index (χ2v) is 29.0. The number of pyridine rings is 5. The van der Waals surface area contributed by atoms with Crippen molar-refractivity contribution in [2.24, 2.45) is 0 Å². The van der Waals surface area contributed by atoms with E-state index in [1.54, 1.807) is 57.2 Å². The molecule has 10 heterocycles. The van der Waals surface area contributed by atoms with Gasteiger partial charge in [0.05, 0.1) is 117 Å². The number of aryl methyl sites for hydroxylation is 6. The van der Waals surface area contributed by atoms with E-state index in [0.717, 1.165) is 154 Å². The lowest BCUT2D eigenvalue weighted by atomic mass is 10.1. The van der Waals surface area contributed by atoms with Gasteiger partial charge in [0.2, 0.25) is 0 Å². The van der Waals surface area contributed by atoms with Crippen molar-refractivity contribution in [1.82, 2.24) is 73.8 Å². The van der Waals surface area contributed by atoms with Gasteiger partial charge in [-0.1, -0.05) is 146 Å². The molecule has 0 saturated heterocycles. The first kappa shape index (κ1) is 71.9. The van der Waals surface area contributed by atoms with Crippen molar-refractivity contribution in [2.75, 3.05) is 0 Å². The average Bonchev–Trinajstić information content (AvgIpc) is 1.65. The predicted molar refractivity (Wildman–Crippen MR) is 448 cm³/mol. The molecule has 0 spiro atoms. The molecule has 0 aliphatic rings. The molecule has 0 saturated carbocycles. The van der Waals surface area contributed by atoms with Gasteiger partial charge in [0.15, 0.2) is 0 Å². The van der Waals surface area contributed by atoms with Crippen molar-refractivity contribution < 1.29 is 5.11 Å². The average molecular weight is 1570 g/mol. The van der Waals surface area contributed by atoms with E-state index in [-0.39, 0.29) is 34.4 Å². The van der Waals surface area contributed by atoms with Crippen LogP contribution in [0.25, 0.3) is 137 Å². The van der Waals surface area contributed by atoms with Crippen LogP contribution in [0.15, 0.2) is 272 Å². The molecule has 546 valence electrons. The largest absolute Gasteiger partial charge is 0.392 e. The maximum absolute atomic E-state index is 12.6. The summed E-state index contributed by atoms with van der Waals surface area (Å²) in [6.07, 6.45) is 8.09. The second kappa shape index (κ2) is 29.6. The summed E-state index contributed by atoms with van der Waals surface area (Å²) in [5.41, 5.74) is 19.1. The van der Waals surface area contributed by atoms with Gasteiger partial charge in [-0.3, -0.25) is 74.4 Å². The number of fused-ring (bicyclic) bond motifs is 15. The maximum atomic E-state index is 12.6. The van der Waals surface area contributed by atoms with Gasteiger partial charge >= 0.3 is 0 Å². The van der Waals surface area contributed by atoms with Crippen molar-refractivity contribution in [3.8, 4) is 28.4 Å². The lowest BCUT2D eigenvalue weighted by Gasteiger charge is -2.02. The van der Waals surface area contributed by atoms with Crippen LogP contribution in [-0.2, 0) is 6.61 Å². The summed E-state index contributed by atoms with van der Waals surface area (Å²) in [7, 11) is 0. The number of hydrogen-bond donors (Lipinski definition) is 6. The highest BCUT2D eigenvalue weighted by atomic mass is 79.9. The molecule has 20 aromatic rings. The Labute approximate surface area is 648 Å². The van der Waals surface area contributed by atoms with Crippen LogP contribution in [0.4, 0.5) is 0 Å². The first-order valence-corrected chi connectivity index (χ1v) is 36.8. The van der Waals surface area contributed by atoms with Crippen LogP contribution >= 0.6 is 39.1 Å². The molecule has 0 aliphatic heterocycles. The molecule has 6 N–H and O–H groups in total. The van der Waals surface area contributed by atoms with Crippen molar-refractivity contribution in [1.29, 1.82) is 0 Å². The molecule has 10 aromatic carbocycles. The Hall–Kier alpha value is -13.4. The Balaban J connectivity index is 0.000000105. The second-order valence-electron chi connectivity index (χ2n) is 27.2. The number of aromatic amines is 5. The SMILES string of the molecule is Cc1ccc(-n2[nH]c3c(cnc4cc(Br)ccc43)c2=O)cc1.Cc1ccc(-n2[nH]c3c(cnc4cc(C)ccc43)c2=O)cc1.Cc1ccc(-n2[nH]c3c(cnc4cc(CO)ccc43)c2=O)cc1.Cc1ccc(-n2[nH]c3c(cnc4ccc(Cl)cc43)c2=O)cc1.Cc1cccc(-n2[nH]c3c(cnc4ccc(Cl)cc43)c2=O)c1. The van der Waals surface area contributed by atoms with E-state index in [9.17, 15) is 29.1 Å². The molecular formula is C87H66BrCl2N15O6. The van der Waals surface area contributed by atoms with E-state index >= 15 is 0 Å². The lowest BCUT2D eigenvalue weighted by molar-refractivity contribution is 0.282. The number of aliphatic hydroxyl groups excluding tert-OH is 1. The van der Waals surface area contributed by atoms with Crippen LogP contribution in [0, 0.1) is 41.5 Å². The number of halogens is 3. The fourth-order valence-corrected chi connectivity index (χ4v) is 14.1. The summed E-state index contributed by atoms with van der Waals surface area (Å²) in [5, 5.41) is 33.7. The molecule has 0 unspecified atom stereocenters. The number of nitrogens with zero attached hydrogens (tertiary/aromatic N) is 10. The van der Waals surface area contributed by atoms with Crippen molar-refractivity contribution in [2.45, 2.75) is 48.1 Å². The van der Waals surface area contributed by atoms with Gasteiger partial charge in [-0.25, -0.2) is 23.4 Å². The molecule has 0 amide bonds. The molecule has 0 atom stereocenters. The smallest absolute Gasteiger partial charge is 0.280 e. The highest BCUT2D eigenvalue weighted by Crippen LogP contribution is 2.30. The van der Waals surface area contributed by atoms with Crippen LogP contribution in [0.5, 0.6) is 0 Å². The number of aromatic nitrogens is 15. The third-order valence-electron chi connectivity index (χ3n) is 19.3. The van der Waals surface area contributed by atoms with Crippen molar-refractivity contribution >= 4 is 148 Å². The van der Waals surface area contributed by atoms with Gasteiger partial charge < -0.3 is 5.11 Å². The standard InChI is InChI=1S/C18H15N3O2.C18H15N3O.C17H12BrN3O.2C17H12ClN3O/c1-11-2-5-13(6-3-11)21-18(23)15-9-19-16-8-12(10-22)4-7-14(16)17(15)20-21;1-11-3-6-13(7-4-11)21-18(22)15-10-19-16-9-12(2)5-8-14(16)17(15)20-21;1-10-2-5-12(6-3-10)21-17(22)14-9-19-15-8-11(18)4-7-13(15)16(14)20-21;1-10-2-5-12(6-3-10)21-17(22)14-9-19-15-7-4-11(18)8-13(15)16(14)20-21;1-10-3-2-4-12(7-10)21-17(22)14-9-19-15-6-5-11(18)8-13(15)16(14)20-21/h2-9,20,22H,10H2,1H3;3-10,20H,1-2H3;3*2-9,20H,1H3.